The molecule has 0 bridgehead atoms. The Morgan fingerprint density at radius 3 is 2.50 bits per heavy atom. The SMILES string of the molecule is CN(C(=O)[C@H]1[C@@H](C(=O)O)C1(C)C)c1cccnc1. The van der Waals surface area contributed by atoms with Gasteiger partial charge >= 0.3 is 5.97 Å². The molecule has 5 nitrogen and oxygen atoms in total. The average Bonchev–Trinajstić information content (AvgIpc) is 2.92. The number of amides is 1. The Hall–Kier alpha value is -1.91. The highest BCUT2D eigenvalue weighted by Crippen LogP contribution is 2.59. The number of carbonyl (C=O) groups excluding carboxylic acids is 1. The number of aromatic nitrogens is 1. The molecular formula is C13H16N2O3. The van der Waals surface area contributed by atoms with Gasteiger partial charge in [0.25, 0.3) is 0 Å². The Morgan fingerprint density at radius 2 is 2.06 bits per heavy atom. The Kier molecular flexibility index (Phi) is 2.84. The van der Waals surface area contributed by atoms with Crippen molar-refractivity contribution in [1.82, 2.24) is 4.98 Å². The van der Waals surface area contributed by atoms with Crippen molar-refractivity contribution in [3.8, 4) is 0 Å². The summed E-state index contributed by atoms with van der Waals surface area (Å²) in [5.74, 6) is -2.12. The Balaban J connectivity index is 2.17. The van der Waals surface area contributed by atoms with Crippen LogP contribution in [0.3, 0.4) is 0 Å². The maximum Gasteiger partial charge on any atom is 0.307 e. The van der Waals surface area contributed by atoms with E-state index in [4.69, 9.17) is 5.11 Å². The average molecular weight is 248 g/mol. The zero-order chi connectivity index (χ0) is 13.5. The van der Waals surface area contributed by atoms with E-state index < -0.39 is 23.2 Å². The van der Waals surface area contributed by atoms with Gasteiger partial charge in [-0.25, -0.2) is 0 Å². The summed E-state index contributed by atoms with van der Waals surface area (Å²) in [5, 5.41) is 9.08. The zero-order valence-electron chi connectivity index (χ0n) is 10.6. The van der Waals surface area contributed by atoms with E-state index in [1.165, 1.54) is 4.90 Å². The number of aliphatic carboxylic acids is 1. The van der Waals surface area contributed by atoms with Gasteiger partial charge in [-0.05, 0) is 17.5 Å². The second-order valence-corrected chi connectivity index (χ2v) is 5.22. The van der Waals surface area contributed by atoms with Crippen molar-refractivity contribution in [2.24, 2.45) is 17.3 Å². The summed E-state index contributed by atoms with van der Waals surface area (Å²) in [5.41, 5.74) is 0.202. The summed E-state index contributed by atoms with van der Waals surface area (Å²) < 4.78 is 0. The van der Waals surface area contributed by atoms with Crippen LogP contribution in [0.1, 0.15) is 13.8 Å². The van der Waals surface area contributed by atoms with Crippen LogP contribution in [0.4, 0.5) is 5.69 Å². The second-order valence-electron chi connectivity index (χ2n) is 5.22. The van der Waals surface area contributed by atoms with Gasteiger partial charge in [0.05, 0.1) is 23.7 Å². The molecule has 1 saturated carbocycles. The summed E-state index contributed by atoms with van der Waals surface area (Å²) in [7, 11) is 1.65. The van der Waals surface area contributed by atoms with E-state index in [1.807, 2.05) is 13.8 Å². The molecule has 96 valence electrons. The molecule has 0 saturated heterocycles. The molecule has 1 fully saturated rings. The third-order valence-corrected chi connectivity index (χ3v) is 3.72. The van der Waals surface area contributed by atoms with Gasteiger partial charge in [-0.1, -0.05) is 13.8 Å². The quantitative estimate of drug-likeness (QED) is 0.877. The van der Waals surface area contributed by atoms with Gasteiger partial charge in [-0.3, -0.25) is 14.6 Å². The molecule has 1 N–H and O–H groups in total. The van der Waals surface area contributed by atoms with Gasteiger partial charge in [0.2, 0.25) is 5.91 Å². The highest BCUT2D eigenvalue weighted by atomic mass is 16.4. The van der Waals surface area contributed by atoms with Gasteiger partial charge < -0.3 is 10.0 Å². The Morgan fingerprint density at radius 1 is 1.39 bits per heavy atom. The summed E-state index contributed by atoms with van der Waals surface area (Å²) >= 11 is 0. The minimum absolute atomic E-state index is 0.166. The molecule has 18 heavy (non-hydrogen) atoms. The van der Waals surface area contributed by atoms with Crippen molar-refractivity contribution in [3.63, 3.8) is 0 Å². The van der Waals surface area contributed by atoms with Gasteiger partial charge in [-0.15, -0.1) is 0 Å². The van der Waals surface area contributed by atoms with E-state index in [0.717, 1.165) is 0 Å². The largest absolute Gasteiger partial charge is 0.481 e. The summed E-state index contributed by atoms with van der Waals surface area (Å²) in [6.45, 7) is 3.62. The van der Waals surface area contributed by atoms with Crippen LogP contribution in [0.5, 0.6) is 0 Å². The van der Waals surface area contributed by atoms with E-state index in [2.05, 4.69) is 4.98 Å². The molecule has 2 atom stereocenters. The minimum Gasteiger partial charge on any atom is -0.481 e. The normalized spacial score (nSPS) is 24.4. The van der Waals surface area contributed by atoms with Gasteiger partial charge in [0.15, 0.2) is 0 Å². The third-order valence-electron chi connectivity index (χ3n) is 3.72. The first-order valence-corrected chi connectivity index (χ1v) is 5.77. The fraction of sp³-hybridized carbons (Fsp3) is 0.462. The van der Waals surface area contributed by atoms with Crippen LogP contribution in [0.15, 0.2) is 24.5 Å². The fourth-order valence-corrected chi connectivity index (χ4v) is 2.45. The van der Waals surface area contributed by atoms with Crippen molar-refractivity contribution in [1.29, 1.82) is 0 Å². The molecular weight excluding hydrogens is 232 g/mol. The molecule has 0 unspecified atom stereocenters. The molecule has 0 aromatic carbocycles. The van der Waals surface area contributed by atoms with Crippen LogP contribution in [0.2, 0.25) is 0 Å². The molecule has 1 aliphatic rings. The number of carboxylic acid groups (broad SMARTS) is 1. The van der Waals surface area contributed by atoms with E-state index in [0.29, 0.717) is 5.69 Å². The van der Waals surface area contributed by atoms with Crippen LogP contribution in [0.25, 0.3) is 0 Å². The number of hydrogen-bond donors (Lipinski definition) is 1. The van der Waals surface area contributed by atoms with Crippen molar-refractivity contribution >= 4 is 17.6 Å². The highest BCUT2D eigenvalue weighted by Gasteiger charge is 2.66. The highest BCUT2D eigenvalue weighted by molar-refractivity contribution is 6.00. The van der Waals surface area contributed by atoms with Crippen LogP contribution in [0, 0.1) is 17.3 Å². The molecule has 5 heteroatoms. The van der Waals surface area contributed by atoms with Crippen LogP contribution in [-0.4, -0.2) is 29.0 Å². The first kappa shape index (κ1) is 12.5. The van der Waals surface area contributed by atoms with Crippen LogP contribution < -0.4 is 4.90 Å². The van der Waals surface area contributed by atoms with Crippen molar-refractivity contribution in [3.05, 3.63) is 24.5 Å². The topological polar surface area (TPSA) is 70.5 Å². The number of nitrogens with zero attached hydrogens (tertiary/aromatic N) is 2. The number of carboxylic acids is 1. The summed E-state index contributed by atoms with van der Waals surface area (Å²) in [6, 6.07) is 3.52. The van der Waals surface area contributed by atoms with Gasteiger partial charge in [-0.2, -0.15) is 0 Å². The summed E-state index contributed by atoms with van der Waals surface area (Å²) in [6.07, 6.45) is 3.21. The lowest BCUT2D eigenvalue weighted by Gasteiger charge is -2.17. The van der Waals surface area contributed by atoms with Crippen LogP contribution >= 0.6 is 0 Å². The van der Waals surface area contributed by atoms with E-state index >= 15 is 0 Å². The molecule has 0 aliphatic heterocycles. The Bertz CT molecular complexity index is 484. The standard InChI is InChI=1S/C13H16N2O3/c1-13(2)9(10(13)12(17)18)11(16)15(3)8-5-4-6-14-7-8/h4-7,9-10H,1-3H3,(H,17,18)/t9-,10+/m1/s1. The molecule has 1 aromatic rings. The molecule has 1 heterocycles. The van der Waals surface area contributed by atoms with E-state index in [1.54, 1.807) is 31.6 Å². The molecule has 1 amide bonds. The van der Waals surface area contributed by atoms with E-state index in [9.17, 15) is 9.59 Å². The minimum atomic E-state index is -0.905. The van der Waals surface area contributed by atoms with E-state index in [-0.39, 0.29) is 5.91 Å². The smallest absolute Gasteiger partial charge is 0.307 e. The summed E-state index contributed by atoms with van der Waals surface area (Å²) in [4.78, 5) is 28.8. The number of rotatable bonds is 3. The first-order valence-electron chi connectivity index (χ1n) is 5.77. The lowest BCUT2D eigenvalue weighted by molar-refractivity contribution is -0.140. The first-order chi connectivity index (χ1) is 8.37. The maximum atomic E-state index is 12.3. The molecule has 0 spiro atoms. The molecule has 1 aliphatic carbocycles. The number of pyridine rings is 1. The number of carbonyl (C=O) groups is 2. The molecule has 0 radical (unpaired) electrons. The molecule has 2 rings (SSSR count). The van der Waals surface area contributed by atoms with Crippen molar-refractivity contribution in [2.75, 3.05) is 11.9 Å². The third kappa shape index (κ3) is 1.85. The lowest BCUT2D eigenvalue weighted by Crippen LogP contribution is -2.29. The lowest BCUT2D eigenvalue weighted by atomic mass is 10.1. The maximum absolute atomic E-state index is 12.3. The Labute approximate surface area is 105 Å². The number of hydrogen-bond acceptors (Lipinski definition) is 3. The van der Waals surface area contributed by atoms with Crippen LogP contribution in [-0.2, 0) is 9.59 Å². The van der Waals surface area contributed by atoms with Gasteiger partial charge in [0.1, 0.15) is 0 Å². The molecule has 1 aromatic heterocycles. The van der Waals surface area contributed by atoms with Crippen molar-refractivity contribution in [2.45, 2.75) is 13.8 Å². The zero-order valence-corrected chi connectivity index (χ0v) is 10.6. The fourth-order valence-electron chi connectivity index (χ4n) is 2.45. The van der Waals surface area contributed by atoms with Crippen molar-refractivity contribution < 1.29 is 14.7 Å². The second kappa shape index (κ2) is 4.08. The predicted octanol–water partition coefficient (Wildman–Crippen LogP) is 1.40. The predicted molar refractivity (Wildman–Crippen MR) is 66.0 cm³/mol. The monoisotopic (exact) mass is 248 g/mol. The van der Waals surface area contributed by atoms with Gasteiger partial charge in [0, 0.05) is 13.2 Å². The number of anilines is 1.